The predicted octanol–water partition coefficient (Wildman–Crippen LogP) is 5.58. The fourth-order valence-corrected chi connectivity index (χ4v) is 5.41. The molecule has 0 aromatic heterocycles. The number of sulfonamides is 1. The number of amides is 1. The third-order valence-electron chi connectivity index (χ3n) is 5.87. The molecule has 0 aliphatic heterocycles. The second-order valence-corrected chi connectivity index (χ2v) is 10.2. The zero-order valence-corrected chi connectivity index (χ0v) is 21.0. The van der Waals surface area contributed by atoms with Gasteiger partial charge < -0.3 is 10.1 Å². The highest BCUT2D eigenvalue weighted by atomic mass is 32.2. The fourth-order valence-electron chi connectivity index (χ4n) is 3.94. The smallest absolute Gasteiger partial charge is 0.264 e. The molecule has 1 atom stereocenters. The van der Waals surface area contributed by atoms with Gasteiger partial charge in [-0.3, -0.25) is 9.10 Å². The minimum absolute atomic E-state index is 0.126. The van der Waals surface area contributed by atoms with Crippen molar-refractivity contribution in [3.63, 3.8) is 0 Å². The van der Waals surface area contributed by atoms with E-state index in [0.29, 0.717) is 17.0 Å². The summed E-state index contributed by atoms with van der Waals surface area (Å²) in [5.41, 5.74) is 2.69. The van der Waals surface area contributed by atoms with E-state index in [2.05, 4.69) is 5.32 Å². The third-order valence-corrected chi connectivity index (χ3v) is 7.66. The van der Waals surface area contributed by atoms with Gasteiger partial charge in [0.05, 0.1) is 30.3 Å². The third kappa shape index (κ3) is 5.58. The van der Waals surface area contributed by atoms with Crippen LogP contribution in [0.3, 0.4) is 0 Å². The summed E-state index contributed by atoms with van der Waals surface area (Å²) < 4.78 is 33.7. The summed E-state index contributed by atoms with van der Waals surface area (Å²) in [4.78, 5) is 13.1. The Hall–Kier alpha value is -4.10. The molecular formula is C29H28N2O4S. The molecule has 0 saturated heterocycles. The van der Waals surface area contributed by atoms with E-state index < -0.39 is 10.0 Å². The van der Waals surface area contributed by atoms with Gasteiger partial charge in [0.15, 0.2) is 0 Å². The minimum atomic E-state index is -3.79. The first kappa shape index (κ1) is 25.0. The molecule has 4 aromatic rings. The van der Waals surface area contributed by atoms with E-state index in [4.69, 9.17) is 4.74 Å². The Morgan fingerprint density at radius 1 is 0.833 bits per heavy atom. The summed E-state index contributed by atoms with van der Waals surface area (Å²) in [6.45, 7) is 2.02. The number of hydrogen-bond donors (Lipinski definition) is 1. The maximum absolute atomic E-state index is 13.5. The standard InChI is InChI=1S/C29H28N2O4S/c1-22(27-15-9-10-16-28(27)35-2)30-29(32)24-19-17-23(18-20-24)21-31(25-11-5-3-6-12-25)36(33,34)26-13-7-4-8-14-26/h3-20,22H,21H2,1-2H3,(H,30,32)/t22-/m1/s1. The Kier molecular flexibility index (Phi) is 7.71. The fraction of sp³-hybridized carbons (Fsp3) is 0.138. The summed E-state index contributed by atoms with van der Waals surface area (Å²) in [5.74, 6) is 0.484. The Morgan fingerprint density at radius 3 is 2.06 bits per heavy atom. The van der Waals surface area contributed by atoms with Crippen LogP contribution in [0.25, 0.3) is 0 Å². The van der Waals surface area contributed by atoms with Crippen LogP contribution in [0.15, 0.2) is 114 Å². The normalized spacial score (nSPS) is 11.9. The van der Waals surface area contributed by atoms with Gasteiger partial charge in [0.25, 0.3) is 15.9 Å². The molecule has 0 spiro atoms. The van der Waals surface area contributed by atoms with Crippen LogP contribution < -0.4 is 14.4 Å². The number of methoxy groups -OCH3 is 1. The average Bonchev–Trinajstić information content (AvgIpc) is 2.92. The van der Waals surface area contributed by atoms with Gasteiger partial charge in [0, 0.05) is 11.1 Å². The molecule has 0 aliphatic rings. The summed E-state index contributed by atoms with van der Waals surface area (Å²) in [6, 6.07) is 31.6. The molecule has 0 saturated carbocycles. The van der Waals surface area contributed by atoms with Crippen LogP contribution in [0.4, 0.5) is 5.69 Å². The molecule has 0 bridgehead atoms. The van der Waals surface area contributed by atoms with Crippen LogP contribution in [0.1, 0.15) is 34.5 Å². The van der Waals surface area contributed by atoms with Gasteiger partial charge >= 0.3 is 0 Å². The number of nitrogens with one attached hydrogen (secondary N) is 1. The molecule has 0 radical (unpaired) electrons. The van der Waals surface area contributed by atoms with Crippen LogP contribution in [-0.4, -0.2) is 21.4 Å². The second kappa shape index (κ2) is 11.1. The van der Waals surface area contributed by atoms with Gasteiger partial charge in [-0.1, -0.05) is 66.7 Å². The molecule has 36 heavy (non-hydrogen) atoms. The number of hydrogen-bond acceptors (Lipinski definition) is 4. The highest BCUT2D eigenvalue weighted by Crippen LogP contribution is 2.27. The van der Waals surface area contributed by atoms with Crippen molar-refractivity contribution in [3.8, 4) is 5.75 Å². The number of benzene rings is 4. The lowest BCUT2D eigenvalue weighted by atomic mass is 10.1. The molecule has 6 nitrogen and oxygen atoms in total. The molecule has 7 heteroatoms. The first-order chi connectivity index (χ1) is 17.4. The van der Waals surface area contributed by atoms with Gasteiger partial charge in [0.1, 0.15) is 5.75 Å². The molecular weight excluding hydrogens is 472 g/mol. The number of carbonyl (C=O) groups is 1. The summed E-state index contributed by atoms with van der Waals surface area (Å²) in [6.07, 6.45) is 0. The molecule has 4 aromatic carbocycles. The highest BCUT2D eigenvalue weighted by molar-refractivity contribution is 7.92. The summed E-state index contributed by atoms with van der Waals surface area (Å²) in [7, 11) is -2.19. The number of rotatable bonds is 9. The van der Waals surface area contributed by atoms with E-state index in [-0.39, 0.29) is 23.4 Å². The van der Waals surface area contributed by atoms with Crippen LogP contribution in [0.5, 0.6) is 5.75 Å². The topological polar surface area (TPSA) is 75.7 Å². The molecule has 0 aliphatic carbocycles. The first-order valence-electron chi connectivity index (χ1n) is 11.6. The number of anilines is 1. The number of carbonyl (C=O) groups excluding carboxylic acids is 1. The monoisotopic (exact) mass is 500 g/mol. The van der Waals surface area contributed by atoms with Gasteiger partial charge in [0.2, 0.25) is 0 Å². The van der Waals surface area contributed by atoms with Gasteiger partial charge in [-0.2, -0.15) is 0 Å². The highest BCUT2D eigenvalue weighted by Gasteiger charge is 2.25. The van der Waals surface area contributed by atoms with Crippen LogP contribution >= 0.6 is 0 Å². The molecule has 1 N–H and O–H groups in total. The lowest BCUT2D eigenvalue weighted by Gasteiger charge is -2.25. The summed E-state index contributed by atoms with van der Waals surface area (Å²) in [5, 5.41) is 2.99. The molecule has 1 amide bonds. The largest absolute Gasteiger partial charge is 0.496 e. The Morgan fingerprint density at radius 2 is 1.42 bits per heavy atom. The first-order valence-corrected chi connectivity index (χ1v) is 13.0. The quantitative estimate of drug-likeness (QED) is 0.325. The van der Waals surface area contributed by atoms with Crippen LogP contribution in [0, 0.1) is 0 Å². The maximum Gasteiger partial charge on any atom is 0.264 e. The van der Waals surface area contributed by atoms with Crippen molar-refractivity contribution in [1.82, 2.24) is 5.32 Å². The van der Waals surface area contributed by atoms with Crippen molar-refractivity contribution >= 4 is 21.6 Å². The molecule has 0 heterocycles. The number of nitrogens with zero attached hydrogens (tertiary/aromatic N) is 1. The van der Waals surface area contributed by atoms with Gasteiger partial charge in [-0.25, -0.2) is 8.42 Å². The molecule has 0 fully saturated rings. The lowest BCUT2D eigenvalue weighted by molar-refractivity contribution is 0.0939. The Balaban J connectivity index is 1.54. The molecule has 0 unspecified atom stereocenters. The van der Waals surface area contributed by atoms with E-state index in [1.54, 1.807) is 86.0 Å². The summed E-state index contributed by atoms with van der Waals surface area (Å²) >= 11 is 0. The van der Waals surface area contributed by atoms with Gasteiger partial charge in [-0.15, -0.1) is 0 Å². The SMILES string of the molecule is COc1ccccc1[C@@H](C)NC(=O)c1ccc(CN(c2ccccc2)S(=O)(=O)c2ccccc2)cc1. The number of para-hydroxylation sites is 2. The van der Waals surface area contributed by atoms with Crippen molar-refractivity contribution < 1.29 is 17.9 Å². The van der Waals surface area contributed by atoms with Crippen LogP contribution in [0.2, 0.25) is 0 Å². The maximum atomic E-state index is 13.5. The predicted molar refractivity (Wildman–Crippen MR) is 142 cm³/mol. The van der Waals surface area contributed by atoms with Crippen LogP contribution in [-0.2, 0) is 16.6 Å². The van der Waals surface area contributed by atoms with E-state index in [9.17, 15) is 13.2 Å². The van der Waals surface area contributed by atoms with Crippen molar-refractivity contribution in [3.05, 3.63) is 126 Å². The zero-order chi connectivity index (χ0) is 25.5. The van der Waals surface area contributed by atoms with Crippen molar-refractivity contribution in [1.29, 1.82) is 0 Å². The zero-order valence-electron chi connectivity index (χ0n) is 20.2. The lowest BCUT2D eigenvalue weighted by Crippen LogP contribution is -2.30. The Bertz CT molecular complexity index is 1410. The van der Waals surface area contributed by atoms with Crippen molar-refractivity contribution in [2.24, 2.45) is 0 Å². The number of ether oxygens (including phenoxy) is 1. The molecule has 184 valence electrons. The van der Waals surface area contributed by atoms with Crippen molar-refractivity contribution in [2.75, 3.05) is 11.4 Å². The van der Waals surface area contributed by atoms with E-state index in [0.717, 1.165) is 11.1 Å². The second-order valence-electron chi connectivity index (χ2n) is 8.29. The Labute approximate surface area is 212 Å². The van der Waals surface area contributed by atoms with E-state index in [1.807, 2.05) is 37.3 Å². The minimum Gasteiger partial charge on any atom is -0.496 e. The molecule has 4 rings (SSSR count). The van der Waals surface area contributed by atoms with Gasteiger partial charge in [-0.05, 0) is 55.0 Å². The van der Waals surface area contributed by atoms with Crippen molar-refractivity contribution in [2.45, 2.75) is 24.4 Å². The average molecular weight is 501 g/mol. The van der Waals surface area contributed by atoms with E-state index in [1.165, 1.54) is 4.31 Å². The van der Waals surface area contributed by atoms with E-state index >= 15 is 0 Å².